The number of carbonyl (C=O) groups excluding carboxylic acids is 2. The maximum Gasteiger partial charge on any atom is 0.348 e. The molecule has 1 aromatic heterocycles. The van der Waals surface area contributed by atoms with Gasteiger partial charge in [0.2, 0.25) is 5.60 Å². The Labute approximate surface area is 175 Å². The maximum absolute atomic E-state index is 13.5. The normalized spacial score (nSPS) is 12.2. The van der Waals surface area contributed by atoms with Crippen LogP contribution in [0.3, 0.4) is 0 Å². The molecule has 0 fully saturated rings. The SMILES string of the molecule is CCOC(C(=O)O[C@@H](C)C(=O)Nc1cc(C)on1)(c1ccccc1)c1ccccc1. The summed E-state index contributed by atoms with van der Waals surface area (Å²) < 4.78 is 16.6. The van der Waals surface area contributed by atoms with Gasteiger partial charge in [-0.2, -0.15) is 0 Å². The predicted molar refractivity (Wildman–Crippen MR) is 111 cm³/mol. The van der Waals surface area contributed by atoms with E-state index in [0.717, 1.165) is 0 Å². The number of nitrogens with zero attached hydrogens (tertiary/aromatic N) is 1. The number of esters is 1. The Kier molecular flexibility index (Phi) is 6.64. The van der Waals surface area contributed by atoms with Gasteiger partial charge in [-0.05, 0) is 31.9 Å². The zero-order valence-electron chi connectivity index (χ0n) is 17.1. The first-order chi connectivity index (χ1) is 14.5. The molecule has 3 rings (SSSR count). The third kappa shape index (κ3) is 4.41. The molecule has 0 radical (unpaired) electrons. The van der Waals surface area contributed by atoms with E-state index in [9.17, 15) is 9.59 Å². The largest absolute Gasteiger partial charge is 0.450 e. The molecule has 7 nitrogen and oxygen atoms in total. The second kappa shape index (κ2) is 9.37. The van der Waals surface area contributed by atoms with Gasteiger partial charge in [-0.3, -0.25) is 4.79 Å². The van der Waals surface area contributed by atoms with E-state index < -0.39 is 23.6 Å². The van der Waals surface area contributed by atoms with Gasteiger partial charge in [0, 0.05) is 12.7 Å². The monoisotopic (exact) mass is 408 g/mol. The highest BCUT2D eigenvalue weighted by Gasteiger charge is 2.46. The van der Waals surface area contributed by atoms with Crippen LogP contribution in [0.25, 0.3) is 0 Å². The molecule has 1 heterocycles. The number of rotatable bonds is 8. The minimum absolute atomic E-state index is 0.252. The van der Waals surface area contributed by atoms with Gasteiger partial charge in [-0.15, -0.1) is 0 Å². The lowest BCUT2D eigenvalue weighted by molar-refractivity contribution is -0.174. The van der Waals surface area contributed by atoms with Crippen molar-refractivity contribution in [1.82, 2.24) is 5.16 Å². The topological polar surface area (TPSA) is 90.7 Å². The molecule has 0 aliphatic rings. The Morgan fingerprint density at radius 2 is 1.63 bits per heavy atom. The average Bonchev–Trinajstić information content (AvgIpc) is 3.17. The fourth-order valence-electron chi connectivity index (χ4n) is 3.14. The van der Waals surface area contributed by atoms with Crippen LogP contribution in [0.1, 0.15) is 30.7 Å². The highest BCUT2D eigenvalue weighted by molar-refractivity contribution is 5.95. The molecule has 0 saturated heterocycles. The molecule has 156 valence electrons. The van der Waals surface area contributed by atoms with Gasteiger partial charge in [-0.1, -0.05) is 65.8 Å². The molecule has 0 aliphatic carbocycles. The number of hydrogen-bond donors (Lipinski definition) is 1. The third-order valence-corrected chi connectivity index (χ3v) is 4.54. The maximum atomic E-state index is 13.5. The van der Waals surface area contributed by atoms with Crippen LogP contribution in [0, 0.1) is 6.92 Å². The summed E-state index contributed by atoms with van der Waals surface area (Å²) in [4.78, 5) is 26.0. The molecule has 0 aliphatic heterocycles. The molecule has 0 spiro atoms. The number of anilines is 1. The summed E-state index contributed by atoms with van der Waals surface area (Å²) in [6.45, 7) is 5.27. The molecule has 0 bridgehead atoms. The van der Waals surface area contributed by atoms with Crippen molar-refractivity contribution in [3.63, 3.8) is 0 Å². The smallest absolute Gasteiger partial charge is 0.348 e. The van der Waals surface area contributed by atoms with E-state index in [4.69, 9.17) is 14.0 Å². The zero-order valence-corrected chi connectivity index (χ0v) is 17.1. The number of nitrogens with one attached hydrogen (secondary N) is 1. The van der Waals surface area contributed by atoms with E-state index in [2.05, 4.69) is 10.5 Å². The molecule has 30 heavy (non-hydrogen) atoms. The van der Waals surface area contributed by atoms with E-state index in [-0.39, 0.29) is 12.4 Å². The van der Waals surface area contributed by atoms with Crippen LogP contribution in [0.5, 0.6) is 0 Å². The van der Waals surface area contributed by atoms with Crippen LogP contribution in [0.15, 0.2) is 71.3 Å². The van der Waals surface area contributed by atoms with Gasteiger partial charge < -0.3 is 19.3 Å². The number of aryl methyl sites for hydroxylation is 1. The van der Waals surface area contributed by atoms with Crippen LogP contribution in [0.2, 0.25) is 0 Å². The Morgan fingerprint density at radius 3 is 2.10 bits per heavy atom. The molecule has 7 heteroatoms. The Hall–Kier alpha value is -3.45. The quantitative estimate of drug-likeness (QED) is 0.570. The fraction of sp³-hybridized carbons (Fsp3) is 0.261. The van der Waals surface area contributed by atoms with Crippen molar-refractivity contribution in [2.24, 2.45) is 0 Å². The molecule has 2 aromatic carbocycles. The summed E-state index contributed by atoms with van der Waals surface area (Å²) in [7, 11) is 0. The van der Waals surface area contributed by atoms with Gasteiger partial charge in [0.05, 0.1) is 0 Å². The van der Waals surface area contributed by atoms with Crippen molar-refractivity contribution in [1.29, 1.82) is 0 Å². The number of ether oxygens (including phenoxy) is 2. The lowest BCUT2D eigenvalue weighted by Gasteiger charge is -2.33. The Morgan fingerprint density at radius 1 is 1.07 bits per heavy atom. The number of benzene rings is 2. The van der Waals surface area contributed by atoms with Gasteiger partial charge in [-0.25, -0.2) is 4.79 Å². The summed E-state index contributed by atoms with van der Waals surface area (Å²) >= 11 is 0. The summed E-state index contributed by atoms with van der Waals surface area (Å²) in [6, 6.07) is 19.8. The molecule has 3 aromatic rings. The van der Waals surface area contributed by atoms with Crippen molar-refractivity contribution >= 4 is 17.7 Å². The van der Waals surface area contributed by atoms with Crippen molar-refractivity contribution in [3.8, 4) is 0 Å². The second-order valence-electron chi connectivity index (χ2n) is 6.71. The van der Waals surface area contributed by atoms with Gasteiger partial charge in [0.1, 0.15) is 5.76 Å². The predicted octanol–water partition coefficient (Wildman–Crippen LogP) is 3.83. The molecular weight excluding hydrogens is 384 g/mol. The molecule has 1 N–H and O–H groups in total. The highest BCUT2D eigenvalue weighted by atomic mass is 16.6. The van der Waals surface area contributed by atoms with Crippen molar-refractivity contribution in [2.45, 2.75) is 32.5 Å². The van der Waals surface area contributed by atoms with Crippen LogP contribution >= 0.6 is 0 Å². The first kappa shape index (κ1) is 21.3. The van der Waals surface area contributed by atoms with Crippen molar-refractivity contribution in [2.75, 3.05) is 11.9 Å². The lowest BCUT2D eigenvalue weighted by Crippen LogP contribution is -2.44. The standard InChI is InChI=1S/C23H24N2O5/c1-4-28-23(18-11-7-5-8-12-18,19-13-9-6-10-14-19)22(27)29-17(3)21(26)24-20-15-16(2)30-25-20/h5-15,17H,4H2,1-3H3,(H,24,25,26)/t17-/m0/s1. The Bertz CT molecular complexity index is 946. The summed E-state index contributed by atoms with van der Waals surface area (Å²) in [6.07, 6.45) is -1.08. The number of carbonyl (C=O) groups is 2. The lowest BCUT2D eigenvalue weighted by atomic mass is 9.86. The van der Waals surface area contributed by atoms with E-state index in [1.54, 1.807) is 44.2 Å². The van der Waals surface area contributed by atoms with Crippen LogP contribution < -0.4 is 5.32 Å². The van der Waals surface area contributed by atoms with E-state index in [1.807, 2.05) is 36.4 Å². The minimum Gasteiger partial charge on any atom is -0.450 e. The molecule has 1 amide bonds. The van der Waals surface area contributed by atoms with Crippen LogP contribution in [0.4, 0.5) is 5.82 Å². The van der Waals surface area contributed by atoms with Crippen LogP contribution in [-0.4, -0.2) is 29.7 Å². The third-order valence-electron chi connectivity index (χ3n) is 4.54. The summed E-state index contributed by atoms with van der Waals surface area (Å²) in [5.41, 5.74) is -0.276. The summed E-state index contributed by atoms with van der Waals surface area (Å²) in [5, 5.41) is 6.29. The average molecular weight is 408 g/mol. The van der Waals surface area contributed by atoms with Gasteiger partial charge in [0.25, 0.3) is 5.91 Å². The first-order valence-electron chi connectivity index (χ1n) is 9.67. The van der Waals surface area contributed by atoms with E-state index in [1.165, 1.54) is 6.92 Å². The minimum atomic E-state index is -1.50. The first-order valence-corrected chi connectivity index (χ1v) is 9.67. The number of aromatic nitrogens is 1. The number of amides is 1. The van der Waals surface area contributed by atoms with Gasteiger partial charge in [0.15, 0.2) is 11.9 Å². The van der Waals surface area contributed by atoms with Crippen molar-refractivity contribution < 1.29 is 23.6 Å². The highest BCUT2D eigenvalue weighted by Crippen LogP contribution is 2.35. The van der Waals surface area contributed by atoms with E-state index in [0.29, 0.717) is 16.9 Å². The fourth-order valence-corrected chi connectivity index (χ4v) is 3.14. The number of hydrogen-bond acceptors (Lipinski definition) is 6. The molecular formula is C23H24N2O5. The second-order valence-corrected chi connectivity index (χ2v) is 6.71. The van der Waals surface area contributed by atoms with Crippen LogP contribution in [-0.2, 0) is 24.7 Å². The van der Waals surface area contributed by atoms with Crippen molar-refractivity contribution in [3.05, 3.63) is 83.6 Å². The molecule has 0 unspecified atom stereocenters. The zero-order chi connectivity index (χ0) is 21.6. The Balaban J connectivity index is 1.91. The van der Waals surface area contributed by atoms with E-state index >= 15 is 0 Å². The summed E-state index contributed by atoms with van der Waals surface area (Å²) in [5.74, 6) is -0.398. The molecule has 0 saturated carbocycles. The molecule has 1 atom stereocenters. The van der Waals surface area contributed by atoms with Gasteiger partial charge >= 0.3 is 5.97 Å².